The molecule has 0 aliphatic heterocycles. The SMILES string of the molecule is COc1ccc(C2=C(Cl)C(=O)C(c3c(C)n(N)c4ccccc34)=C(Cl)C2=O)cc1. The number of halogens is 2. The Labute approximate surface area is 176 Å². The van der Waals surface area contributed by atoms with E-state index in [0.29, 0.717) is 22.6 Å². The Morgan fingerprint density at radius 1 is 0.897 bits per heavy atom. The molecular formula is C22H16Cl2N2O3. The van der Waals surface area contributed by atoms with Gasteiger partial charge in [0, 0.05) is 16.6 Å². The molecule has 0 radical (unpaired) electrons. The first-order valence-corrected chi connectivity index (χ1v) is 9.51. The highest BCUT2D eigenvalue weighted by Gasteiger charge is 2.36. The molecule has 0 saturated carbocycles. The number of para-hydroxylation sites is 1. The van der Waals surface area contributed by atoms with Crippen molar-refractivity contribution in [2.75, 3.05) is 13.0 Å². The zero-order chi connectivity index (χ0) is 20.9. The number of rotatable bonds is 3. The first-order chi connectivity index (χ1) is 13.9. The van der Waals surface area contributed by atoms with E-state index in [1.807, 2.05) is 24.3 Å². The summed E-state index contributed by atoms with van der Waals surface area (Å²) in [6.45, 7) is 1.76. The number of methoxy groups -OCH3 is 1. The minimum absolute atomic E-state index is 0.0665. The van der Waals surface area contributed by atoms with Crippen LogP contribution in [0, 0.1) is 6.92 Å². The van der Waals surface area contributed by atoms with Crippen molar-refractivity contribution in [3.05, 3.63) is 75.4 Å². The predicted molar refractivity (Wildman–Crippen MR) is 115 cm³/mol. The molecule has 7 heteroatoms. The van der Waals surface area contributed by atoms with Gasteiger partial charge >= 0.3 is 0 Å². The van der Waals surface area contributed by atoms with Crippen LogP contribution in [0.3, 0.4) is 0 Å². The van der Waals surface area contributed by atoms with Gasteiger partial charge in [0.15, 0.2) is 0 Å². The lowest BCUT2D eigenvalue weighted by Crippen LogP contribution is -2.19. The second kappa shape index (κ2) is 7.10. The summed E-state index contributed by atoms with van der Waals surface area (Å²) in [5, 5.41) is 0.372. The molecule has 0 fully saturated rings. The molecule has 5 nitrogen and oxygen atoms in total. The number of ether oxygens (including phenoxy) is 1. The summed E-state index contributed by atoms with van der Waals surface area (Å²) in [5.41, 5.74) is 2.47. The smallest absolute Gasteiger partial charge is 0.207 e. The number of nitrogen functional groups attached to an aromatic ring is 1. The van der Waals surface area contributed by atoms with Crippen LogP contribution >= 0.6 is 23.2 Å². The van der Waals surface area contributed by atoms with Crippen LogP contribution < -0.4 is 10.6 Å². The van der Waals surface area contributed by atoms with Crippen LogP contribution in [0.2, 0.25) is 0 Å². The van der Waals surface area contributed by atoms with Crippen molar-refractivity contribution in [1.82, 2.24) is 4.68 Å². The van der Waals surface area contributed by atoms with Crippen molar-refractivity contribution in [3.63, 3.8) is 0 Å². The highest BCUT2D eigenvalue weighted by Crippen LogP contribution is 2.42. The molecule has 29 heavy (non-hydrogen) atoms. The number of benzene rings is 2. The second-order valence-electron chi connectivity index (χ2n) is 6.61. The molecule has 1 aliphatic rings. The van der Waals surface area contributed by atoms with E-state index in [4.69, 9.17) is 33.8 Å². The molecule has 0 bridgehead atoms. The van der Waals surface area contributed by atoms with Crippen LogP contribution in [-0.2, 0) is 9.59 Å². The zero-order valence-corrected chi connectivity index (χ0v) is 17.1. The van der Waals surface area contributed by atoms with E-state index >= 15 is 0 Å². The van der Waals surface area contributed by atoms with E-state index in [1.54, 1.807) is 38.3 Å². The molecule has 0 spiro atoms. The average Bonchev–Trinajstić information content (AvgIpc) is 2.99. The Hall–Kier alpha value is -3.02. The van der Waals surface area contributed by atoms with E-state index in [-0.39, 0.29) is 21.2 Å². The van der Waals surface area contributed by atoms with Gasteiger partial charge in [-0.15, -0.1) is 0 Å². The number of carbonyl (C=O) groups is 2. The average molecular weight is 427 g/mol. The van der Waals surface area contributed by atoms with Gasteiger partial charge in [-0.2, -0.15) is 0 Å². The van der Waals surface area contributed by atoms with Crippen LogP contribution in [-0.4, -0.2) is 23.4 Å². The third-order valence-corrected chi connectivity index (χ3v) is 5.80. The molecule has 146 valence electrons. The Balaban J connectivity index is 1.91. The normalized spacial score (nSPS) is 14.9. The third-order valence-electron chi connectivity index (χ3n) is 5.08. The summed E-state index contributed by atoms with van der Waals surface area (Å²) in [4.78, 5) is 26.4. The largest absolute Gasteiger partial charge is 0.497 e. The van der Waals surface area contributed by atoms with Gasteiger partial charge in [0.05, 0.1) is 23.8 Å². The molecule has 0 amide bonds. The maximum Gasteiger partial charge on any atom is 0.207 e. The first-order valence-electron chi connectivity index (χ1n) is 8.75. The molecule has 3 aromatic rings. The van der Waals surface area contributed by atoms with Gasteiger partial charge in [-0.3, -0.25) is 14.3 Å². The fraction of sp³-hybridized carbons (Fsp3) is 0.0909. The summed E-state index contributed by atoms with van der Waals surface area (Å²) < 4.78 is 6.60. The molecule has 1 aromatic heterocycles. The fourth-order valence-electron chi connectivity index (χ4n) is 3.59. The number of carbonyl (C=O) groups excluding carboxylic acids is 2. The number of aromatic nitrogens is 1. The molecule has 0 atom stereocenters. The third kappa shape index (κ3) is 2.85. The lowest BCUT2D eigenvalue weighted by molar-refractivity contribution is -0.113. The monoisotopic (exact) mass is 426 g/mol. The van der Waals surface area contributed by atoms with Crippen molar-refractivity contribution in [1.29, 1.82) is 0 Å². The molecule has 0 saturated heterocycles. The van der Waals surface area contributed by atoms with E-state index in [9.17, 15) is 9.59 Å². The van der Waals surface area contributed by atoms with Crippen LogP contribution in [0.5, 0.6) is 5.75 Å². The number of ketones is 2. The number of Topliss-reactive ketones (excluding diaryl/α,β-unsaturated/α-hetero) is 2. The quantitative estimate of drug-likeness (QED) is 0.496. The number of nitrogens with two attached hydrogens (primary N) is 1. The van der Waals surface area contributed by atoms with Crippen LogP contribution in [0.4, 0.5) is 0 Å². The molecule has 4 rings (SSSR count). The summed E-state index contributed by atoms with van der Waals surface area (Å²) >= 11 is 12.9. The van der Waals surface area contributed by atoms with Crippen molar-refractivity contribution in [2.24, 2.45) is 0 Å². The predicted octanol–water partition coefficient (Wildman–Crippen LogP) is 4.42. The van der Waals surface area contributed by atoms with Gasteiger partial charge in [-0.25, -0.2) is 0 Å². The van der Waals surface area contributed by atoms with Crippen molar-refractivity contribution in [3.8, 4) is 5.75 Å². The Bertz CT molecular complexity index is 1250. The standard InChI is InChI=1S/C22H16Cl2N2O3/c1-11-16(14-5-3-4-6-15(14)26(11)25)18-20(24)21(27)17(19(23)22(18)28)12-7-9-13(29-2)10-8-12/h3-10H,25H2,1-2H3. The summed E-state index contributed by atoms with van der Waals surface area (Å²) in [6.07, 6.45) is 0. The highest BCUT2D eigenvalue weighted by molar-refractivity contribution is 6.68. The Morgan fingerprint density at radius 3 is 2.14 bits per heavy atom. The number of allylic oxidation sites excluding steroid dienone is 4. The minimum atomic E-state index is -0.512. The topological polar surface area (TPSA) is 74.3 Å². The lowest BCUT2D eigenvalue weighted by atomic mass is 9.87. The van der Waals surface area contributed by atoms with E-state index in [2.05, 4.69) is 0 Å². The summed E-state index contributed by atoms with van der Waals surface area (Å²) in [6, 6.07) is 14.0. The molecule has 1 aliphatic carbocycles. The van der Waals surface area contributed by atoms with Crippen molar-refractivity contribution in [2.45, 2.75) is 6.92 Å². The number of hydrogen-bond donors (Lipinski definition) is 1. The minimum Gasteiger partial charge on any atom is -0.497 e. The number of hydrogen-bond acceptors (Lipinski definition) is 4. The van der Waals surface area contributed by atoms with E-state index < -0.39 is 11.6 Å². The molecular weight excluding hydrogens is 411 g/mol. The molecule has 1 heterocycles. The summed E-state index contributed by atoms with van der Waals surface area (Å²) in [5.74, 6) is 5.75. The van der Waals surface area contributed by atoms with Crippen molar-refractivity contribution >= 4 is 56.8 Å². The van der Waals surface area contributed by atoms with Crippen LogP contribution in [0.15, 0.2) is 58.6 Å². The molecule has 2 aromatic carbocycles. The molecule has 2 N–H and O–H groups in total. The van der Waals surface area contributed by atoms with Gasteiger partial charge in [-0.1, -0.05) is 53.5 Å². The number of nitrogens with zero attached hydrogens (tertiary/aromatic N) is 1. The maximum atomic E-state index is 13.2. The molecule has 0 unspecified atom stereocenters. The Kier molecular flexibility index (Phi) is 4.73. The van der Waals surface area contributed by atoms with Crippen molar-refractivity contribution < 1.29 is 14.3 Å². The van der Waals surface area contributed by atoms with E-state index in [0.717, 1.165) is 10.9 Å². The number of fused-ring (bicyclic) bond motifs is 1. The highest BCUT2D eigenvalue weighted by atomic mass is 35.5. The first kappa shape index (κ1) is 19.3. The fourth-order valence-corrected chi connectivity index (χ4v) is 4.16. The van der Waals surface area contributed by atoms with Gasteiger partial charge in [0.25, 0.3) is 0 Å². The van der Waals surface area contributed by atoms with Crippen LogP contribution in [0.1, 0.15) is 16.8 Å². The maximum absolute atomic E-state index is 13.2. The lowest BCUT2D eigenvalue weighted by Gasteiger charge is -2.19. The van der Waals surface area contributed by atoms with Crippen LogP contribution in [0.25, 0.3) is 22.0 Å². The van der Waals surface area contributed by atoms with Gasteiger partial charge in [-0.05, 0) is 30.7 Å². The summed E-state index contributed by atoms with van der Waals surface area (Å²) in [7, 11) is 1.54. The second-order valence-corrected chi connectivity index (χ2v) is 7.37. The van der Waals surface area contributed by atoms with E-state index in [1.165, 1.54) is 4.68 Å². The van der Waals surface area contributed by atoms with Gasteiger partial charge < -0.3 is 10.6 Å². The Morgan fingerprint density at radius 2 is 1.48 bits per heavy atom. The van der Waals surface area contributed by atoms with Gasteiger partial charge in [0.1, 0.15) is 15.8 Å². The van der Waals surface area contributed by atoms with Gasteiger partial charge in [0.2, 0.25) is 11.6 Å². The zero-order valence-electron chi connectivity index (χ0n) is 15.6.